The van der Waals surface area contributed by atoms with Crippen LogP contribution in [0.3, 0.4) is 0 Å². The van der Waals surface area contributed by atoms with Gasteiger partial charge in [0.25, 0.3) is 0 Å². The molecule has 166 valence electrons. The highest BCUT2D eigenvalue weighted by Crippen LogP contribution is 2.69. The molecular weight excluding hydrogens is 352 g/mol. The van der Waals surface area contributed by atoms with Crippen LogP contribution < -0.4 is 0 Å². The van der Waals surface area contributed by atoms with Crippen molar-refractivity contribution in [3.63, 3.8) is 0 Å². The van der Waals surface area contributed by atoms with Crippen molar-refractivity contribution in [3.05, 3.63) is 12.2 Å². The monoisotopic (exact) mass is 400 g/mol. The fourth-order valence-corrected chi connectivity index (χ4v) is 9.13. The van der Waals surface area contributed by atoms with E-state index in [1.807, 2.05) is 0 Å². The Labute approximate surface area is 181 Å². The van der Waals surface area contributed by atoms with Crippen molar-refractivity contribution in [1.29, 1.82) is 0 Å². The molecule has 4 aliphatic rings. The van der Waals surface area contributed by atoms with Crippen LogP contribution in [0.1, 0.15) is 105 Å². The lowest BCUT2D eigenvalue weighted by molar-refractivity contribution is -0.107. The van der Waals surface area contributed by atoms with Gasteiger partial charge in [0.1, 0.15) is 0 Å². The lowest BCUT2D eigenvalue weighted by Crippen LogP contribution is -2.54. The van der Waals surface area contributed by atoms with Crippen LogP contribution in [0, 0.1) is 52.3 Å². The Bertz CT molecular complexity index is 607. The highest BCUT2D eigenvalue weighted by Gasteiger charge is 2.61. The van der Waals surface area contributed by atoms with Crippen molar-refractivity contribution in [3.8, 4) is 0 Å². The fourth-order valence-electron chi connectivity index (χ4n) is 9.13. The molecule has 0 aromatic rings. The molecule has 0 bridgehead atoms. The summed E-state index contributed by atoms with van der Waals surface area (Å²) in [6.45, 7) is 17.3. The maximum absolute atomic E-state index is 10.3. The van der Waals surface area contributed by atoms with Crippen LogP contribution in [0.4, 0.5) is 0 Å². The third kappa shape index (κ3) is 3.66. The zero-order chi connectivity index (χ0) is 21.0. The van der Waals surface area contributed by atoms with Crippen LogP contribution in [0.25, 0.3) is 0 Å². The SMILES string of the molecule is C=C1C[C@H]2C[C@@H](O)CC[C@]2(C)[C@H]2CC[C@]3(C)[C@@H]([C@H](C)CCCC(C)C)CC[C@H]3[C@H]12. The molecule has 0 aliphatic heterocycles. The molecule has 0 spiro atoms. The van der Waals surface area contributed by atoms with Crippen molar-refractivity contribution < 1.29 is 5.11 Å². The Hall–Kier alpha value is -0.300. The molecule has 0 unspecified atom stereocenters. The molecule has 0 saturated heterocycles. The summed E-state index contributed by atoms with van der Waals surface area (Å²) in [6, 6.07) is 0. The number of rotatable bonds is 5. The summed E-state index contributed by atoms with van der Waals surface area (Å²) in [5.41, 5.74) is 2.56. The molecule has 1 heteroatoms. The van der Waals surface area contributed by atoms with Crippen LogP contribution in [-0.4, -0.2) is 11.2 Å². The Morgan fingerprint density at radius 3 is 2.38 bits per heavy atom. The highest BCUT2D eigenvalue weighted by atomic mass is 16.3. The standard InChI is InChI=1S/C28H48O/c1-18(2)8-7-9-19(3)23-10-11-24-26-20(4)16-21-17-22(29)12-14-27(21,5)25(26)13-15-28(23,24)6/h18-19,21-26,29H,4,7-17H2,1-3,5-6H3/t19-,21+,22+,23-,24+,25+,26+,27+,28-/m1/s1. The maximum Gasteiger partial charge on any atom is 0.0543 e. The van der Waals surface area contributed by atoms with Gasteiger partial charge in [0, 0.05) is 0 Å². The van der Waals surface area contributed by atoms with Crippen LogP contribution in [0.2, 0.25) is 0 Å². The van der Waals surface area contributed by atoms with E-state index in [4.69, 9.17) is 6.58 Å². The van der Waals surface area contributed by atoms with Crippen LogP contribution >= 0.6 is 0 Å². The molecule has 0 amide bonds. The minimum absolute atomic E-state index is 0.0613. The van der Waals surface area contributed by atoms with Crippen molar-refractivity contribution in [1.82, 2.24) is 0 Å². The van der Waals surface area contributed by atoms with Gasteiger partial charge >= 0.3 is 0 Å². The predicted octanol–water partition coefficient (Wildman–Crippen LogP) is 7.63. The number of aliphatic hydroxyl groups is 1. The summed E-state index contributed by atoms with van der Waals surface area (Å²) in [5, 5.41) is 10.3. The van der Waals surface area contributed by atoms with Crippen LogP contribution in [0.15, 0.2) is 12.2 Å². The zero-order valence-corrected chi connectivity index (χ0v) is 20.1. The first-order valence-corrected chi connectivity index (χ1v) is 13.0. The normalized spacial score (nSPS) is 48.2. The Kier molecular flexibility index (Phi) is 6.04. The average Bonchev–Trinajstić information content (AvgIpc) is 3.00. The second kappa shape index (κ2) is 7.99. The van der Waals surface area contributed by atoms with E-state index in [-0.39, 0.29) is 6.10 Å². The second-order valence-corrected chi connectivity index (χ2v) is 12.8. The first-order valence-electron chi connectivity index (χ1n) is 13.0. The molecular formula is C28H48O. The van der Waals surface area contributed by atoms with Gasteiger partial charge in [-0.05, 0) is 104 Å². The van der Waals surface area contributed by atoms with Gasteiger partial charge in [-0.3, -0.25) is 0 Å². The topological polar surface area (TPSA) is 20.2 Å². The van der Waals surface area contributed by atoms with Crippen LogP contribution in [0.5, 0.6) is 0 Å². The third-order valence-corrected chi connectivity index (χ3v) is 10.8. The number of hydrogen-bond donors (Lipinski definition) is 1. The summed E-state index contributed by atoms with van der Waals surface area (Å²) in [5.74, 6) is 5.79. The van der Waals surface area contributed by atoms with E-state index in [1.165, 1.54) is 57.8 Å². The van der Waals surface area contributed by atoms with Gasteiger partial charge in [0.2, 0.25) is 0 Å². The predicted molar refractivity (Wildman–Crippen MR) is 124 cm³/mol. The van der Waals surface area contributed by atoms with Crippen molar-refractivity contribution in [2.75, 3.05) is 0 Å². The Morgan fingerprint density at radius 2 is 1.66 bits per heavy atom. The van der Waals surface area contributed by atoms with Gasteiger partial charge in [-0.1, -0.05) is 66.0 Å². The van der Waals surface area contributed by atoms with E-state index in [1.54, 1.807) is 5.57 Å². The van der Waals surface area contributed by atoms with E-state index in [9.17, 15) is 5.11 Å². The molecule has 4 saturated carbocycles. The van der Waals surface area contributed by atoms with Crippen molar-refractivity contribution in [2.24, 2.45) is 52.3 Å². The second-order valence-electron chi connectivity index (χ2n) is 12.8. The molecule has 0 heterocycles. The Morgan fingerprint density at radius 1 is 0.966 bits per heavy atom. The molecule has 4 aliphatic carbocycles. The van der Waals surface area contributed by atoms with E-state index in [2.05, 4.69) is 34.6 Å². The molecule has 29 heavy (non-hydrogen) atoms. The summed E-state index contributed by atoms with van der Waals surface area (Å²) in [4.78, 5) is 0. The van der Waals surface area contributed by atoms with Crippen molar-refractivity contribution in [2.45, 2.75) is 111 Å². The van der Waals surface area contributed by atoms with Gasteiger partial charge in [-0.25, -0.2) is 0 Å². The molecule has 4 rings (SSSR count). The number of fused-ring (bicyclic) bond motifs is 5. The summed E-state index contributed by atoms with van der Waals surface area (Å²) >= 11 is 0. The van der Waals surface area contributed by atoms with Crippen molar-refractivity contribution >= 4 is 0 Å². The molecule has 4 fully saturated rings. The number of allylic oxidation sites excluding steroid dienone is 1. The molecule has 0 aromatic heterocycles. The molecule has 0 radical (unpaired) electrons. The molecule has 0 aromatic carbocycles. The van der Waals surface area contributed by atoms with E-state index >= 15 is 0 Å². The fraction of sp³-hybridized carbons (Fsp3) is 0.929. The van der Waals surface area contributed by atoms with Gasteiger partial charge in [0.15, 0.2) is 0 Å². The maximum atomic E-state index is 10.3. The van der Waals surface area contributed by atoms with Gasteiger partial charge in [0.05, 0.1) is 6.10 Å². The minimum Gasteiger partial charge on any atom is -0.393 e. The lowest BCUT2D eigenvalue weighted by atomic mass is 9.43. The van der Waals surface area contributed by atoms with Crippen LogP contribution in [-0.2, 0) is 0 Å². The van der Waals surface area contributed by atoms with Gasteiger partial charge in [-0.15, -0.1) is 0 Å². The largest absolute Gasteiger partial charge is 0.393 e. The van der Waals surface area contributed by atoms with Gasteiger partial charge < -0.3 is 5.11 Å². The molecule has 1 N–H and O–H groups in total. The first-order chi connectivity index (χ1) is 13.7. The highest BCUT2D eigenvalue weighted by molar-refractivity contribution is 5.21. The Balaban J connectivity index is 1.51. The molecule has 1 nitrogen and oxygen atoms in total. The third-order valence-electron chi connectivity index (χ3n) is 10.8. The zero-order valence-electron chi connectivity index (χ0n) is 20.1. The van der Waals surface area contributed by atoms with E-state index in [0.717, 1.165) is 48.3 Å². The number of aliphatic hydroxyl groups excluding tert-OH is 1. The van der Waals surface area contributed by atoms with E-state index < -0.39 is 0 Å². The smallest absolute Gasteiger partial charge is 0.0543 e. The lowest BCUT2D eigenvalue weighted by Gasteiger charge is -2.61. The summed E-state index contributed by atoms with van der Waals surface area (Å²) < 4.78 is 0. The van der Waals surface area contributed by atoms with Gasteiger partial charge in [-0.2, -0.15) is 0 Å². The summed E-state index contributed by atoms with van der Waals surface area (Å²) in [7, 11) is 0. The molecule has 9 atom stereocenters. The minimum atomic E-state index is -0.0613. The quantitative estimate of drug-likeness (QED) is 0.470. The summed E-state index contributed by atoms with van der Waals surface area (Å²) in [6.07, 6.45) is 14.4. The number of hydrogen-bond acceptors (Lipinski definition) is 1. The average molecular weight is 401 g/mol. The first kappa shape index (κ1) is 21.9. The van der Waals surface area contributed by atoms with E-state index in [0.29, 0.717) is 16.7 Å².